The number of nitrogens with one attached hydrogen (secondary N) is 2. The highest BCUT2D eigenvalue weighted by Gasteiger charge is 2.13. The van der Waals surface area contributed by atoms with Gasteiger partial charge in [0.2, 0.25) is 5.91 Å². The second-order valence-electron chi connectivity index (χ2n) is 3.52. The SMILES string of the molecule is CNC(C)C(=O)NC(C)c1ccncc1. The summed E-state index contributed by atoms with van der Waals surface area (Å²) in [5.74, 6) is 0.00168. The molecule has 0 aliphatic rings. The van der Waals surface area contributed by atoms with Gasteiger partial charge in [-0.15, -0.1) is 0 Å². The second-order valence-corrected chi connectivity index (χ2v) is 3.52. The number of carbonyl (C=O) groups excluding carboxylic acids is 1. The van der Waals surface area contributed by atoms with E-state index in [2.05, 4.69) is 15.6 Å². The highest BCUT2D eigenvalue weighted by Crippen LogP contribution is 2.09. The summed E-state index contributed by atoms with van der Waals surface area (Å²) in [6.45, 7) is 3.78. The summed E-state index contributed by atoms with van der Waals surface area (Å²) in [4.78, 5) is 15.5. The number of likely N-dealkylation sites (N-methyl/N-ethyl adjacent to an activating group) is 1. The van der Waals surface area contributed by atoms with Gasteiger partial charge in [-0.3, -0.25) is 9.78 Å². The maximum Gasteiger partial charge on any atom is 0.237 e. The zero-order valence-electron chi connectivity index (χ0n) is 9.32. The van der Waals surface area contributed by atoms with E-state index in [4.69, 9.17) is 0 Å². The van der Waals surface area contributed by atoms with E-state index in [1.807, 2.05) is 26.0 Å². The molecule has 2 unspecified atom stereocenters. The number of pyridine rings is 1. The molecule has 1 aromatic heterocycles. The van der Waals surface area contributed by atoms with E-state index in [9.17, 15) is 4.79 Å². The van der Waals surface area contributed by atoms with E-state index in [-0.39, 0.29) is 18.0 Å². The van der Waals surface area contributed by atoms with Gasteiger partial charge in [0.25, 0.3) is 0 Å². The molecule has 0 radical (unpaired) electrons. The van der Waals surface area contributed by atoms with E-state index in [1.54, 1.807) is 19.4 Å². The van der Waals surface area contributed by atoms with Crippen molar-refractivity contribution in [3.05, 3.63) is 30.1 Å². The van der Waals surface area contributed by atoms with Crippen molar-refractivity contribution < 1.29 is 4.79 Å². The molecule has 0 bridgehead atoms. The van der Waals surface area contributed by atoms with Gasteiger partial charge in [-0.25, -0.2) is 0 Å². The number of nitrogens with zero attached hydrogens (tertiary/aromatic N) is 1. The summed E-state index contributed by atoms with van der Waals surface area (Å²) < 4.78 is 0. The van der Waals surface area contributed by atoms with E-state index in [1.165, 1.54) is 0 Å². The van der Waals surface area contributed by atoms with Crippen molar-refractivity contribution in [2.24, 2.45) is 0 Å². The third-order valence-corrected chi connectivity index (χ3v) is 2.39. The highest BCUT2D eigenvalue weighted by molar-refractivity contribution is 5.81. The van der Waals surface area contributed by atoms with Gasteiger partial charge in [0.1, 0.15) is 0 Å². The van der Waals surface area contributed by atoms with Crippen LogP contribution in [-0.2, 0) is 4.79 Å². The smallest absolute Gasteiger partial charge is 0.237 e. The lowest BCUT2D eigenvalue weighted by Gasteiger charge is -2.17. The van der Waals surface area contributed by atoms with Crippen LogP contribution in [0.3, 0.4) is 0 Å². The quantitative estimate of drug-likeness (QED) is 0.770. The van der Waals surface area contributed by atoms with Crippen LogP contribution in [0, 0.1) is 0 Å². The van der Waals surface area contributed by atoms with Crippen molar-refractivity contribution in [1.29, 1.82) is 0 Å². The summed E-state index contributed by atoms with van der Waals surface area (Å²) in [6.07, 6.45) is 3.44. The first kappa shape index (κ1) is 11.7. The van der Waals surface area contributed by atoms with Crippen molar-refractivity contribution in [2.45, 2.75) is 25.9 Å². The van der Waals surface area contributed by atoms with Gasteiger partial charge in [-0.2, -0.15) is 0 Å². The predicted molar refractivity (Wildman–Crippen MR) is 59.3 cm³/mol. The Morgan fingerprint density at radius 2 is 1.93 bits per heavy atom. The molecule has 2 atom stereocenters. The van der Waals surface area contributed by atoms with Crippen LogP contribution in [0.5, 0.6) is 0 Å². The largest absolute Gasteiger partial charge is 0.348 e. The summed E-state index contributed by atoms with van der Waals surface area (Å²) >= 11 is 0. The van der Waals surface area contributed by atoms with Crippen LogP contribution < -0.4 is 10.6 Å². The minimum absolute atomic E-state index is 0.00168. The molecule has 4 heteroatoms. The van der Waals surface area contributed by atoms with Crippen LogP contribution >= 0.6 is 0 Å². The average Bonchev–Trinajstić information content (AvgIpc) is 2.29. The molecular weight excluding hydrogens is 190 g/mol. The van der Waals surface area contributed by atoms with Gasteiger partial charge >= 0.3 is 0 Å². The summed E-state index contributed by atoms with van der Waals surface area (Å²) in [6, 6.07) is 3.63. The first-order valence-electron chi connectivity index (χ1n) is 5.02. The Labute approximate surface area is 90.1 Å². The lowest BCUT2D eigenvalue weighted by atomic mass is 10.1. The van der Waals surface area contributed by atoms with Gasteiger partial charge in [0.15, 0.2) is 0 Å². The summed E-state index contributed by atoms with van der Waals surface area (Å²) in [5, 5.41) is 5.81. The van der Waals surface area contributed by atoms with Crippen molar-refractivity contribution in [3.8, 4) is 0 Å². The Morgan fingerprint density at radius 3 is 2.47 bits per heavy atom. The molecule has 0 aliphatic carbocycles. The van der Waals surface area contributed by atoms with Gasteiger partial charge in [0.05, 0.1) is 12.1 Å². The lowest BCUT2D eigenvalue weighted by molar-refractivity contribution is -0.123. The van der Waals surface area contributed by atoms with Gasteiger partial charge in [-0.05, 0) is 38.6 Å². The summed E-state index contributed by atoms with van der Waals surface area (Å²) in [7, 11) is 1.77. The number of hydrogen-bond acceptors (Lipinski definition) is 3. The molecule has 15 heavy (non-hydrogen) atoms. The molecule has 0 aliphatic heterocycles. The third kappa shape index (κ3) is 3.32. The highest BCUT2D eigenvalue weighted by atomic mass is 16.2. The fourth-order valence-corrected chi connectivity index (χ4v) is 1.20. The van der Waals surface area contributed by atoms with Crippen molar-refractivity contribution in [2.75, 3.05) is 7.05 Å². The number of carbonyl (C=O) groups is 1. The molecule has 0 saturated carbocycles. The van der Waals surface area contributed by atoms with Gasteiger partial charge in [-0.1, -0.05) is 0 Å². The maximum atomic E-state index is 11.6. The number of amides is 1. The van der Waals surface area contributed by atoms with Crippen molar-refractivity contribution in [1.82, 2.24) is 15.6 Å². The zero-order chi connectivity index (χ0) is 11.3. The molecule has 2 N–H and O–H groups in total. The van der Waals surface area contributed by atoms with E-state index >= 15 is 0 Å². The van der Waals surface area contributed by atoms with E-state index in [0.29, 0.717) is 0 Å². The first-order valence-corrected chi connectivity index (χ1v) is 5.02. The van der Waals surface area contributed by atoms with Crippen LogP contribution in [0.1, 0.15) is 25.5 Å². The molecule has 1 amide bonds. The predicted octanol–water partition coefficient (Wildman–Crippen LogP) is 0.867. The molecule has 82 valence electrons. The minimum atomic E-state index is -0.172. The number of hydrogen-bond donors (Lipinski definition) is 2. The third-order valence-electron chi connectivity index (χ3n) is 2.39. The standard InChI is InChI=1S/C11H17N3O/c1-8(10-4-6-13-7-5-10)14-11(15)9(2)12-3/h4-9,12H,1-3H3,(H,14,15). The number of rotatable bonds is 4. The Hall–Kier alpha value is -1.42. The Balaban J connectivity index is 2.56. The molecule has 0 saturated heterocycles. The molecule has 0 aromatic carbocycles. The van der Waals surface area contributed by atoms with Crippen molar-refractivity contribution >= 4 is 5.91 Å². The fourth-order valence-electron chi connectivity index (χ4n) is 1.20. The monoisotopic (exact) mass is 207 g/mol. The second kappa shape index (κ2) is 5.46. The van der Waals surface area contributed by atoms with Gasteiger partial charge in [0, 0.05) is 12.4 Å². The molecule has 0 spiro atoms. The minimum Gasteiger partial charge on any atom is -0.348 e. The van der Waals surface area contributed by atoms with Crippen LogP contribution in [0.15, 0.2) is 24.5 Å². The van der Waals surface area contributed by atoms with Crippen LogP contribution in [0.4, 0.5) is 0 Å². The van der Waals surface area contributed by atoms with E-state index in [0.717, 1.165) is 5.56 Å². The van der Waals surface area contributed by atoms with Crippen LogP contribution in [-0.4, -0.2) is 24.0 Å². The lowest BCUT2D eigenvalue weighted by Crippen LogP contribution is -2.41. The zero-order valence-corrected chi connectivity index (χ0v) is 9.32. The summed E-state index contributed by atoms with van der Waals surface area (Å²) in [5.41, 5.74) is 1.06. The molecule has 1 aromatic rings. The molecule has 0 fully saturated rings. The molecule has 1 heterocycles. The van der Waals surface area contributed by atoms with Crippen molar-refractivity contribution in [3.63, 3.8) is 0 Å². The van der Waals surface area contributed by atoms with Gasteiger partial charge < -0.3 is 10.6 Å². The topological polar surface area (TPSA) is 54.0 Å². The van der Waals surface area contributed by atoms with Crippen LogP contribution in [0.2, 0.25) is 0 Å². The van der Waals surface area contributed by atoms with Crippen LogP contribution in [0.25, 0.3) is 0 Å². The Kier molecular flexibility index (Phi) is 4.24. The molecule has 1 rings (SSSR count). The maximum absolute atomic E-state index is 11.6. The molecule has 4 nitrogen and oxygen atoms in total. The van der Waals surface area contributed by atoms with E-state index < -0.39 is 0 Å². The Morgan fingerprint density at radius 1 is 1.33 bits per heavy atom. The average molecular weight is 207 g/mol. The molecular formula is C11H17N3O. The normalized spacial score (nSPS) is 14.3. The fraction of sp³-hybridized carbons (Fsp3) is 0.455. The Bertz CT molecular complexity index is 313. The number of aromatic nitrogens is 1. The first-order chi connectivity index (χ1) is 7.15.